The van der Waals surface area contributed by atoms with E-state index < -0.39 is 0 Å². The van der Waals surface area contributed by atoms with Crippen LogP contribution in [0.2, 0.25) is 0 Å². The van der Waals surface area contributed by atoms with Gasteiger partial charge in [-0.15, -0.1) is 0 Å². The van der Waals surface area contributed by atoms with Gasteiger partial charge < -0.3 is 0 Å². The second-order valence-electron chi connectivity index (χ2n) is 8.20. The third kappa shape index (κ3) is 7.36. The molecule has 0 fully saturated rings. The molecule has 0 atom stereocenters. The average molecular weight is 447 g/mol. The van der Waals surface area contributed by atoms with Crippen LogP contribution in [0.15, 0.2) is 53.5 Å². The fourth-order valence-corrected chi connectivity index (χ4v) is 4.08. The molecule has 0 heterocycles. The predicted molar refractivity (Wildman–Crippen MR) is 127 cm³/mol. The molecule has 3 heteroatoms. The first-order valence-corrected chi connectivity index (χ1v) is 11.5. The van der Waals surface area contributed by atoms with Crippen molar-refractivity contribution in [3.63, 3.8) is 0 Å². The first kappa shape index (κ1) is 24.3. The van der Waals surface area contributed by atoms with Gasteiger partial charge in [0.1, 0.15) is 0 Å². The van der Waals surface area contributed by atoms with Crippen LogP contribution < -0.4 is 0 Å². The quantitative estimate of drug-likeness (QED) is 0.212. The molecule has 30 heavy (non-hydrogen) atoms. The number of nitrogens with zero attached hydrogens (tertiary/aromatic N) is 2. The summed E-state index contributed by atoms with van der Waals surface area (Å²) in [6.45, 7) is 12.8. The number of aryl methyl sites for hydroxylation is 4. The summed E-state index contributed by atoms with van der Waals surface area (Å²) in [5.41, 5.74) is 9.05. The Kier molecular flexibility index (Phi) is 9.72. The van der Waals surface area contributed by atoms with E-state index >= 15 is 0 Å². The molecule has 0 spiro atoms. The van der Waals surface area contributed by atoms with Crippen molar-refractivity contribution in [1.82, 2.24) is 0 Å². The van der Waals surface area contributed by atoms with Gasteiger partial charge in [0, 0.05) is 0 Å². The molecule has 0 N–H and O–H groups in total. The van der Waals surface area contributed by atoms with Gasteiger partial charge in [-0.1, -0.05) is 0 Å². The summed E-state index contributed by atoms with van der Waals surface area (Å²) in [6.07, 6.45) is 9.93. The molecule has 0 saturated carbocycles. The summed E-state index contributed by atoms with van der Waals surface area (Å²) in [4.78, 5) is 5.11. The molecule has 0 bridgehead atoms. The van der Waals surface area contributed by atoms with Crippen LogP contribution in [0.3, 0.4) is 0 Å². The minimum atomic E-state index is 0.928. The van der Waals surface area contributed by atoms with Crippen LogP contribution in [0, 0.1) is 27.7 Å². The van der Waals surface area contributed by atoms with Crippen LogP contribution in [0.4, 0.5) is 11.4 Å². The number of unbranched alkanes of at least 4 members (excludes halogenated alkanes) is 3. The predicted octanol–water partition coefficient (Wildman–Crippen LogP) is 7.79. The van der Waals surface area contributed by atoms with E-state index in [4.69, 9.17) is 20.7 Å². The number of allylic oxidation sites excluding steroid dienone is 2. The monoisotopic (exact) mass is 446 g/mol. The van der Waals surface area contributed by atoms with E-state index in [9.17, 15) is 0 Å². The van der Waals surface area contributed by atoms with Crippen LogP contribution in [0.5, 0.6) is 0 Å². The van der Waals surface area contributed by atoms with Crippen LogP contribution in [0.25, 0.3) is 0 Å². The molecule has 0 radical (unpaired) electrons. The van der Waals surface area contributed by atoms with E-state index in [1.165, 1.54) is 41.5 Å². The van der Waals surface area contributed by atoms with E-state index in [1.807, 2.05) is 10.6 Å². The Morgan fingerprint density at radius 2 is 1.43 bits per heavy atom. The third-order valence-electron chi connectivity index (χ3n) is 4.97. The number of hydrogen-bond acceptors (Lipinski definition) is 1. The van der Waals surface area contributed by atoms with Crippen LogP contribution in [-0.2, 0) is 15.7 Å². The fraction of sp³-hybridized carbons (Fsp3) is 0.407. The Hall–Kier alpha value is -1.99. The SMILES string of the molecule is CC=CC(C(CCCCCC)=Nc1cc(C)cc(C)c1)=[N+]([Ni])c1cc(C)cc(C)c1. The molecule has 0 saturated heterocycles. The summed E-state index contributed by atoms with van der Waals surface area (Å²) in [6, 6.07) is 13.0. The van der Waals surface area contributed by atoms with Crippen molar-refractivity contribution in [2.75, 3.05) is 0 Å². The van der Waals surface area contributed by atoms with Gasteiger partial charge in [-0.3, -0.25) is 0 Å². The van der Waals surface area contributed by atoms with E-state index in [2.05, 4.69) is 83.2 Å². The number of hydrogen-bond donors (Lipinski definition) is 0. The first-order chi connectivity index (χ1) is 14.3. The van der Waals surface area contributed by atoms with E-state index in [-0.39, 0.29) is 0 Å². The van der Waals surface area contributed by atoms with Crippen molar-refractivity contribution >= 4 is 22.8 Å². The summed E-state index contributed by atoms with van der Waals surface area (Å²) < 4.78 is 1.92. The molecule has 163 valence electrons. The third-order valence-corrected chi connectivity index (χ3v) is 5.46. The van der Waals surface area contributed by atoms with Gasteiger partial charge in [0.2, 0.25) is 0 Å². The second-order valence-corrected chi connectivity index (χ2v) is 8.64. The molecule has 2 rings (SSSR count). The van der Waals surface area contributed by atoms with Crippen molar-refractivity contribution < 1.29 is 19.3 Å². The molecule has 2 aromatic rings. The van der Waals surface area contributed by atoms with Crippen molar-refractivity contribution in [3.05, 3.63) is 70.8 Å². The van der Waals surface area contributed by atoms with Gasteiger partial charge in [-0.25, -0.2) is 0 Å². The molecule has 0 amide bonds. The zero-order valence-corrected chi connectivity index (χ0v) is 20.4. The fourth-order valence-electron chi connectivity index (χ4n) is 3.75. The van der Waals surface area contributed by atoms with Gasteiger partial charge in [0.15, 0.2) is 0 Å². The van der Waals surface area contributed by atoms with Crippen LogP contribution in [-0.4, -0.2) is 15.1 Å². The average Bonchev–Trinajstić information content (AvgIpc) is 2.66. The zero-order chi connectivity index (χ0) is 22.1. The van der Waals surface area contributed by atoms with Crippen molar-refractivity contribution in [3.8, 4) is 0 Å². The molecule has 0 aliphatic carbocycles. The zero-order valence-electron chi connectivity index (χ0n) is 19.4. The van der Waals surface area contributed by atoms with E-state index in [0.29, 0.717) is 0 Å². The summed E-state index contributed by atoms with van der Waals surface area (Å²) >= 11 is 5.54. The normalized spacial score (nSPS) is 13.1. The summed E-state index contributed by atoms with van der Waals surface area (Å²) in [5.74, 6) is 0. The Labute approximate surface area is 191 Å². The number of rotatable bonds is 9. The molecule has 2 aromatic carbocycles. The van der Waals surface area contributed by atoms with Crippen LogP contribution in [0.1, 0.15) is 68.2 Å². The first-order valence-electron chi connectivity index (χ1n) is 11.0. The second kappa shape index (κ2) is 12.0. The standard InChI is InChI=1S/C27H36N2.Ni/c1-7-9-10-11-13-27(29-25-18-22(5)15-23(6)19-25)26(12-8-2)28-24-16-20(3)14-21(4)17-24;/h8,12,14-19H,7,9-11,13H2,1-6H3;/q;+1. The molecular formula is C27H36N2Ni+. The molecule has 0 aromatic heterocycles. The summed E-state index contributed by atoms with van der Waals surface area (Å²) in [7, 11) is 0. The maximum atomic E-state index is 5.54. The number of benzene rings is 2. The molecule has 0 unspecified atom stereocenters. The number of aliphatic imine (C=N–C) groups is 1. The molecule has 0 aliphatic heterocycles. The van der Waals surface area contributed by atoms with Crippen molar-refractivity contribution in [2.45, 2.75) is 73.6 Å². The van der Waals surface area contributed by atoms with Gasteiger partial charge in [0.05, 0.1) is 0 Å². The van der Waals surface area contributed by atoms with Gasteiger partial charge >= 0.3 is 192 Å². The molecule has 0 aliphatic rings. The van der Waals surface area contributed by atoms with E-state index in [0.717, 1.165) is 35.6 Å². The molecular weight excluding hydrogens is 411 g/mol. The summed E-state index contributed by atoms with van der Waals surface area (Å²) in [5, 5.41) is 0. The Morgan fingerprint density at radius 1 is 0.867 bits per heavy atom. The van der Waals surface area contributed by atoms with E-state index in [1.54, 1.807) is 0 Å². The minimum absolute atomic E-state index is 0.928. The van der Waals surface area contributed by atoms with Gasteiger partial charge in [-0.2, -0.15) is 0 Å². The molecule has 2 nitrogen and oxygen atoms in total. The Morgan fingerprint density at radius 3 is 1.97 bits per heavy atom. The van der Waals surface area contributed by atoms with Gasteiger partial charge in [0.25, 0.3) is 0 Å². The van der Waals surface area contributed by atoms with Crippen LogP contribution >= 0.6 is 0 Å². The van der Waals surface area contributed by atoms with Gasteiger partial charge in [-0.05, 0) is 0 Å². The maximum absolute atomic E-state index is 5.54. The van der Waals surface area contributed by atoms with Crippen molar-refractivity contribution in [2.24, 2.45) is 4.99 Å². The Balaban J connectivity index is 2.59. The Bertz CT molecular complexity index is 911. The van der Waals surface area contributed by atoms with Crippen molar-refractivity contribution in [1.29, 1.82) is 0 Å². The topological polar surface area (TPSA) is 15.4 Å².